The van der Waals surface area contributed by atoms with E-state index in [1.165, 1.54) is 44.7 Å². The van der Waals surface area contributed by atoms with E-state index in [0.717, 1.165) is 29.8 Å². The molecule has 0 amide bonds. The molecule has 1 aliphatic carbocycles. The Kier molecular flexibility index (Phi) is 16.1. The molecule has 458 valence electrons. The number of methoxy groups -OCH3 is 3. The number of carbonyl (C=O) groups is 3. The van der Waals surface area contributed by atoms with E-state index in [4.69, 9.17) is 34.0 Å². The highest BCUT2D eigenvalue weighted by Gasteiger charge is 2.80. The molecule has 10 rings (SSSR count). The number of nitrogens with one attached hydrogen (secondary N) is 1. The van der Waals surface area contributed by atoms with Crippen molar-refractivity contribution < 1.29 is 68.8 Å². The second-order valence-corrected chi connectivity index (χ2v) is 32.4. The summed E-state index contributed by atoms with van der Waals surface area (Å²) < 4.78 is 98.5. The summed E-state index contributed by atoms with van der Waals surface area (Å²) in [7, 11) is -6.54. The third-order valence-electron chi connectivity index (χ3n) is 18.4. The van der Waals surface area contributed by atoms with Gasteiger partial charge in [-0.3, -0.25) is 28.8 Å². The van der Waals surface area contributed by atoms with Crippen LogP contribution in [-0.2, 0) is 74.6 Å². The van der Waals surface area contributed by atoms with E-state index in [-0.39, 0.29) is 58.3 Å². The number of aromatic nitrogens is 1. The third-order valence-corrected chi connectivity index (χ3v) is 22.6. The van der Waals surface area contributed by atoms with Crippen molar-refractivity contribution in [3.05, 3.63) is 135 Å². The van der Waals surface area contributed by atoms with Crippen LogP contribution in [0, 0.1) is 40.7 Å². The van der Waals surface area contributed by atoms with E-state index in [9.17, 15) is 33.2 Å². The van der Waals surface area contributed by atoms with Gasteiger partial charge >= 0.3 is 17.9 Å². The number of hydrogen-bond donors (Lipinski definition) is 2. The predicted molar refractivity (Wildman–Crippen MR) is 321 cm³/mol. The number of aryl methyl sites for hydroxylation is 1. The number of para-hydroxylation sites is 1. The van der Waals surface area contributed by atoms with Crippen LogP contribution in [0.1, 0.15) is 67.5 Å². The summed E-state index contributed by atoms with van der Waals surface area (Å²) in [6.45, 7) is 10.1. The van der Waals surface area contributed by atoms with E-state index in [0.29, 0.717) is 53.6 Å². The van der Waals surface area contributed by atoms with E-state index < -0.39 is 116 Å². The molecule has 2 N–H and O–H groups in total. The average Bonchev–Trinajstić information content (AvgIpc) is 1.43. The summed E-state index contributed by atoms with van der Waals surface area (Å²) >= 11 is 0. The lowest BCUT2D eigenvalue weighted by molar-refractivity contribution is -0.384. The van der Waals surface area contributed by atoms with Gasteiger partial charge in [0, 0.05) is 90.0 Å². The maximum absolute atomic E-state index is 16.3. The standard InChI is InChI=1S/C62H73N5O16S2Si/c1-12-58(83-86(9,10)11)35-41(37-81-85(76,77)44-23-19-39(3)20-24-44)36-61(56(69)79-7,52-46(45-17-14-15-18-49(45)63-52)27-31-66(38-58)84(74,75)43-25-21-42(22-26-43)67(72)73)48-33-47-50(34-51(48)78-6)64(5)54-60(47)29-32-65-30-16-28-59(13-2,53(60)65)55(82-40(4)68)62(54,71)57(70)80-8/h1,14-26,28,33-34,41,53-55,63,71H,13,27,29-32,35-38H2,2-11H3/t41-,53-,54+,55+,58-,59+,60+,61-,62-/m0/s1. The first kappa shape index (κ1) is 62.1. The molecule has 9 atom stereocenters. The summed E-state index contributed by atoms with van der Waals surface area (Å²) in [4.78, 5) is 62.9. The Balaban J connectivity index is 1.30. The fourth-order valence-electron chi connectivity index (χ4n) is 15.3. The highest BCUT2D eigenvalue weighted by molar-refractivity contribution is 7.89. The van der Waals surface area contributed by atoms with Crippen molar-refractivity contribution in [3.8, 4) is 18.1 Å². The third kappa shape index (κ3) is 9.82. The smallest absolute Gasteiger partial charge is 0.344 e. The first-order valence-corrected chi connectivity index (χ1v) is 34.8. The van der Waals surface area contributed by atoms with Crippen LogP contribution in [0.5, 0.6) is 5.75 Å². The summed E-state index contributed by atoms with van der Waals surface area (Å²) in [6.07, 6.45) is 9.02. The number of aromatic amines is 1. The van der Waals surface area contributed by atoms with Crippen LogP contribution in [0.25, 0.3) is 10.9 Å². The molecule has 21 nitrogen and oxygen atoms in total. The van der Waals surface area contributed by atoms with Crippen molar-refractivity contribution in [1.29, 1.82) is 0 Å². The maximum Gasteiger partial charge on any atom is 0.344 e. The summed E-state index contributed by atoms with van der Waals surface area (Å²) in [5.74, 6) is -0.779. The van der Waals surface area contributed by atoms with E-state index in [2.05, 4.69) is 15.8 Å². The molecular weight excluding hydrogens is 1160 g/mol. The summed E-state index contributed by atoms with van der Waals surface area (Å²) in [5, 5.41) is 26.1. The van der Waals surface area contributed by atoms with E-state index >= 15 is 13.2 Å². The Morgan fingerprint density at radius 2 is 1.58 bits per heavy atom. The number of benzene rings is 4. The van der Waals surface area contributed by atoms with Gasteiger partial charge in [-0.25, -0.2) is 13.2 Å². The summed E-state index contributed by atoms with van der Waals surface area (Å²) in [6, 6.07) is 19.7. The van der Waals surface area contributed by atoms with Gasteiger partial charge in [0.1, 0.15) is 16.8 Å². The molecule has 2 fully saturated rings. The van der Waals surface area contributed by atoms with Crippen molar-refractivity contribution in [1.82, 2.24) is 14.2 Å². The number of terminal acetylenes is 1. The van der Waals surface area contributed by atoms with Crippen molar-refractivity contribution in [2.75, 3.05) is 66.1 Å². The van der Waals surface area contributed by atoms with Gasteiger partial charge in [-0.05, 0) is 119 Å². The first-order valence-electron chi connectivity index (χ1n) is 28.5. The highest BCUT2D eigenvalue weighted by Crippen LogP contribution is 2.68. The zero-order chi connectivity index (χ0) is 62.3. The van der Waals surface area contributed by atoms with Crippen LogP contribution in [0.4, 0.5) is 11.4 Å². The van der Waals surface area contributed by atoms with E-state index in [1.807, 2.05) is 56.9 Å². The molecule has 24 heteroatoms. The molecule has 5 heterocycles. The number of sulfonamides is 1. The Labute approximate surface area is 502 Å². The van der Waals surface area contributed by atoms with Gasteiger partial charge in [-0.15, -0.1) is 6.42 Å². The molecule has 1 saturated heterocycles. The largest absolute Gasteiger partial charge is 0.496 e. The molecule has 5 aliphatic rings. The predicted octanol–water partition coefficient (Wildman–Crippen LogP) is 7.07. The normalized spacial score (nSPS) is 28.5. The first-order chi connectivity index (χ1) is 40.6. The zero-order valence-corrected chi connectivity index (χ0v) is 52.5. The van der Waals surface area contributed by atoms with Gasteiger partial charge in [0.15, 0.2) is 14.4 Å². The number of anilines is 1. The van der Waals surface area contributed by atoms with Crippen molar-refractivity contribution in [2.45, 2.75) is 123 Å². The number of fused-ring (bicyclic) bond motifs is 4. The number of H-pyrrole nitrogens is 1. The van der Waals surface area contributed by atoms with Gasteiger partial charge in [0.2, 0.25) is 15.6 Å². The topological polar surface area (TPSA) is 264 Å². The van der Waals surface area contributed by atoms with Gasteiger partial charge in [0.05, 0.1) is 55.2 Å². The van der Waals surface area contributed by atoms with Crippen LogP contribution in [0.15, 0.2) is 107 Å². The molecule has 0 bridgehead atoms. The Bertz CT molecular complexity index is 3850. The second-order valence-electron chi connectivity index (χ2n) is 24.4. The number of ether oxygens (including phenoxy) is 4. The molecule has 0 unspecified atom stereocenters. The number of nitrogens with zero attached hydrogens (tertiary/aromatic N) is 4. The molecule has 0 radical (unpaired) electrons. The van der Waals surface area contributed by atoms with Gasteiger partial charge in [-0.1, -0.05) is 60.9 Å². The summed E-state index contributed by atoms with van der Waals surface area (Å²) in [5.41, 5.74) is -5.89. The monoisotopic (exact) mass is 1240 g/mol. The lowest BCUT2D eigenvalue weighted by atomic mass is 9.47. The lowest BCUT2D eigenvalue weighted by Crippen LogP contribution is -2.81. The minimum atomic E-state index is -4.63. The molecule has 5 aromatic rings. The maximum atomic E-state index is 16.3. The number of hydrogen-bond acceptors (Lipinski definition) is 18. The van der Waals surface area contributed by atoms with Crippen LogP contribution in [0.3, 0.4) is 0 Å². The molecular formula is C62H73N5O16S2Si. The van der Waals surface area contributed by atoms with Crippen LogP contribution in [0.2, 0.25) is 19.6 Å². The van der Waals surface area contributed by atoms with Gasteiger partial charge < -0.3 is 38.4 Å². The van der Waals surface area contributed by atoms with Gasteiger partial charge in [0.25, 0.3) is 15.8 Å². The molecule has 1 saturated carbocycles. The van der Waals surface area contributed by atoms with Crippen molar-refractivity contribution in [2.24, 2.45) is 11.3 Å². The number of non-ortho nitro benzene ring substituents is 1. The number of carbonyl (C=O) groups excluding carboxylic acids is 3. The Morgan fingerprint density at radius 1 is 0.907 bits per heavy atom. The van der Waals surface area contributed by atoms with Crippen molar-refractivity contribution in [3.63, 3.8) is 0 Å². The fraction of sp³-hybridized carbons (Fsp3) is 0.468. The zero-order valence-electron chi connectivity index (χ0n) is 49.9. The lowest BCUT2D eigenvalue weighted by Gasteiger charge is -2.63. The second kappa shape index (κ2) is 22.3. The molecule has 86 heavy (non-hydrogen) atoms. The molecule has 1 aromatic heterocycles. The van der Waals surface area contributed by atoms with Crippen LogP contribution >= 0.6 is 0 Å². The SMILES string of the molecule is C#C[C@]1(O[Si](C)(C)C)C[C@H](COS(=O)(=O)c2ccc(C)cc2)C[C@](C(=O)OC)(c2cc3c(cc2OC)N(C)[C@H]2[C@@](O)(C(=O)OC)[C@H](OC(C)=O)[C@]4(CC)C=CCN5CC[C@]32[C@@H]54)c2[nH]c3ccccc3c2CCN(S(=O)(=O)c2ccc([N+](=O)[O-])cc2)C1. The van der Waals surface area contributed by atoms with Gasteiger partial charge in [-0.2, -0.15) is 12.7 Å². The quantitative estimate of drug-likeness (QED) is 0.0155. The molecule has 1 spiro atoms. The van der Waals surface area contributed by atoms with Crippen LogP contribution < -0.4 is 9.64 Å². The molecule has 4 aromatic carbocycles. The number of nitro groups is 1. The number of aliphatic hydroxyl groups is 1. The van der Waals surface area contributed by atoms with Crippen LogP contribution in [-0.4, -0.2) is 158 Å². The minimum Gasteiger partial charge on any atom is -0.496 e. The van der Waals surface area contributed by atoms with Crippen molar-refractivity contribution >= 4 is 68.6 Å². The number of esters is 3. The number of nitro benzene ring substituents is 1. The minimum absolute atomic E-state index is 0.102. The Morgan fingerprint density at radius 3 is 2.20 bits per heavy atom. The highest BCUT2D eigenvalue weighted by atomic mass is 32.2. The number of likely N-dealkylation sites (N-methyl/N-ethyl adjacent to an activating group) is 1. The number of rotatable bonds is 15. The molecule has 4 aliphatic heterocycles. The van der Waals surface area contributed by atoms with E-state index in [1.54, 1.807) is 49.2 Å². The fourth-order valence-corrected chi connectivity index (χ4v) is 19.2. The Hall–Kier alpha value is -6.95. The average molecular weight is 1240 g/mol.